The first-order chi connectivity index (χ1) is 10.3. The largest absolute Gasteiger partial charge is 0.403 e. The van der Waals surface area contributed by atoms with Crippen LogP contribution in [0.2, 0.25) is 0 Å². The van der Waals surface area contributed by atoms with Gasteiger partial charge in [-0.2, -0.15) is 5.10 Å². The van der Waals surface area contributed by atoms with Crippen molar-refractivity contribution in [1.82, 2.24) is 20.0 Å². The zero-order chi connectivity index (χ0) is 14.7. The molecule has 21 heavy (non-hydrogen) atoms. The highest BCUT2D eigenvalue weighted by Gasteiger charge is 2.15. The fourth-order valence-corrected chi connectivity index (χ4v) is 1.91. The highest BCUT2D eigenvalue weighted by Crippen LogP contribution is 2.19. The SMILES string of the molecule is CCn1nccc1C(=O)Nc1nnc(-c2ccccc2)o1. The van der Waals surface area contributed by atoms with Gasteiger partial charge >= 0.3 is 6.01 Å². The molecule has 0 bridgehead atoms. The number of aromatic nitrogens is 4. The third-order valence-electron chi connectivity index (χ3n) is 2.91. The van der Waals surface area contributed by atoms with Crippen LogP contribution in [0.4, 0.5) is 6.01 Å². The molecule has 3 aromatic rings. The summed E-state index contributed by atoms with van der Waals surface area (Å²) in [6.07, 6.45) is 1.57. The second kappa shape index (κ2) is 5.58. The maximum atomic E-state index is 12.1. The lowest BCUT2D eigenvalue weighted by molar-refractivity contribution is 0.101. The molecule has 0 fully saturated rings. The Morgan fingerprint density at radius 2 is 2.05 bits per heavy atom. The van der Waals surface area contributed by atoms with E-state index in [1.54, 1.807) is 16.9 Å². The second-order valence-corrected chi connectivity index (χ2v) is 4.26. The third kappa shape index (κ3) is 2.66. The number of amides is 1. The molecule has 0 atom stereocenters. The van der Waals surface area contributed by atoms with Gasteiger partial charge in [0.15, 0.2) is 0 Å². The zero-order valence-electron chi connectivity index (χ0n) is 11.4. The number of rotatable bonds is 4. The van der Waals surface area contributed by atoms with Gasteiger partial charge in [0.2, 0.25) is 5.89 Å². The molecule has 1 amide bonds. The van der Waals surface area contributed by atoms with Gasteiger partial charge < -0.3 is 4.42 Å². The van der Waals surface area contributed by atoms with Gasteiger partial charge in [0.25, 0.3) is 5.91 Å². The molecule has 0 unspecified atom stereocenters. The van der Waals surface area contributed by atoms with E-state index in [-0.39, 0.29) is 11.9 Å². The predicted octanol–water partition coefficient (Wildman–Crippen LogP) is 2.21. The molecule has 0 saturated heterocycles. The van der Waals surface area contributed by atoms with Crippen LogP contribution in [0.1, 0.15) is 17.4 Å². The second-order valence-electron chi connectivity index (χ2n) is 4.26. The Bertz CT molecular complexity index is 748. The molecular weight excluding hydrogens is 270 g/mol. The fourth-order valence-electron chi connectivity index (χ4n) is 1.91. The number of carbonyl (C=O) groups excluding carboxylic acids is 1. The number of anilines is 1. The molecular formula is C14H13N5O2. The number of carbonyl (C=O) groups is 1. The van der Waals surface area contributed by atoms with Gasteiger partial charge in [-0.15, -0.1) is 5.10 Å². The minimum Gasteiger partial charge on any atom is -0.403 e. The maximum Gasteiger partial charge on any atom is 0.322 e. The van der Waals surface area contributed by atoms with Crippen molar-refractivity contribution in [2.75, 3.05) is 5.32 Å². The van der Waals surface area contributed by atoms with Crippen LogP contribution < -0.4 is 5.32 Å². The summed E-state index contributed by atoms with van der Waals surface area (Å²) < 4.78 is 7.02. The van der Waals surface area contributed by atoms with Crippen LogP contribution >= 0.6 is 0 Å². The molecule has 1 N–H and O–H groups in total. The topological polar surface area (TPSA) is 85.8 Å². The van der Waals surface area contributed by atoms with Gasteiger partial charge in [0.05, 0.1) is 0 Å². The Kier molecular flexibility index (Phi) is 3.46. The van der Waals surface area contributed by atoms with Crippen molar-refractivity contribution >= 4 is 11.9 Å². The predicted molar refractivity (Wildman–Crippen MR) is 75.6 cm³/mol. The maximum absolute atomic E-state index is 12.1. The van der Waals surface area contributed by atoms with Crippen LogP contribution in [0.25, 0.3) is 11.5 Å². The van der Waals surface area contributed by atoms with Crippen molar-refractivity contribution in [2.24, 2.45) is 0 Å². The minimum atomic E-state index is -0.336. The van der Waals surface area contributed by atoms with Gasteiger partial charge in [0.1, 0.15) is 5.69 Å². The Morgan fingerprint density at radius 1 is 1.24 bits per heavy atom. The molecule has 0 aliphatic carbocycles. The van der Waals surface area contributed by atoms with Crippen molar-refractivity contribution in [3.8, 4) is 11.5 Å². The van der Waals surface area contributed by atoms with Crippen LogP contribution in [0.15, 0.2) is 47.0 Å². The van der Waals surface area contributed by atoms with E-state index in [9.17, 15) is 4.79 Å². The fraction of sp³-hybridized carbons (Fsp3) is 0.143. The van der Waals surface area contributed by atoms with E-state index >= 15 is 0 Å². The Hall–Kier alpha value is -2.96. The monoisotopic (exact) mass is 283 g/mol. The first kappa shape index (κ1) is 13.0. The van der Waals surface area contributed by atoms with Crippen molar-refractivity contribution in [3.63, 3.8) is 0 Å². The summed E-state index contributed by atoms with van der Waals surface area (Å²) in [5.41, 5.74) is 1.24. The number of hydrogen-bond acceptors (Lipinski definition) is 5. The van der Waals surface area contributed by atoms with E-state index in [4.69, 9.17) is 4.42 Å². The molecule has 1 aromatic carbocycles. The molecule has 7 nitrogen and oxygen atoms in total. The zero-order valence-corrected chi connectivity index (χ0v) is 11.4. The average molecular weight is 283 g/mol. The highest BCUT2D eigenvalue weighted by molar-refractivity contribution is 6.01. The number of benzene rings is 1. The molecule has 7 heteroatoms. The van der Waals surface area contributed by atoms with Crippen molar-refractivity contribution in [1.29, 1.82) is 0 Å². The average Bonchev–Trinajstić information content (AvgIpc) is 3.16. The Labute approximate surface area is 120 Å². The quantitative estimate of drug-likeness (QED) is 0.793. The van der Waals surface area contributed by atoms with Gasteiger partial charge in [-0.1, -0.05) is 23.3 Å². The molecule has 0 saturated carbocycles. The Morgan fingerprint density at radius 3 is 2.81 bits per heavy atom. The lowest BCUT2D eigenvalue weighted by atomic mass is 10.2. The molecule has 0 aliphatic heterocycles. The van der Waals surface area contributed by atoms with Crippen LogP contribution in [0.3, 0.4) is 0 Å². The van der Waals surface area contributed by atoms with E-state index < -0.39 is 0 Å². The molecule has 106 valence electrons. The number of aryl methyl sites for hydroxylation is 1. The first-order valence-electron chi connectivity index (χ1n) is 6.50. The number of nitrogens with one attached hydrogen (secondary N) is 1. The Balaban J connectivity index is 1.77. The number of nitrogens with zero attached hydrogens (tertiary/aromatic N) is 4. The van der Waals surface area contributed by atoms with Gasteiger partial charge in [-0.3, -0.25) is 14.8 Å². The molecule has 0 spiro atoms. The summed E-state index contributed by atoms with van der Waals surface area (Å²) in [5.74, 6) is 0.0208. The van der Waals surface area contributed by atoms with E-state index in [2.05, 4.69) is 20.6 Å². The highest BCUT2D eigenvalue weighted by atomic mass is 16.4. The summed E-state index contributed by atoms with van der Waals surface area (Å²) in [5, 5.41) is 14.3. The number of hydrogen-bond donors (Lipinski definition) is 1. The van der Waals surface area contributed by atoms with Crippen LogP contribution in [0.5, 0.6) is 0 Å². The smallest absolute Gasteiger partial charge is 0.322 e. The van der Waals surface area contributed by atoms with Gasteiger partial charge in [0, 0.05) is 18.3 Å². The standard InChI is InChI=1S/C14H13N5O2/c1-2-19-11(8-9-15-19)12(20)16-14-18-17-13(21-14)10-6-4-3-5-7-10/h3-9H,2H2,1H3,(H,16,18,20). The van der Waals surface area contributed by atoms with E-state index in [1.165, 1.54) is 0 Å². The van der Waals surface area contributed by atoms with Crippen molar-refractivity contribution in [3.05, 3.63) is 48.3 Å². The molecule has 3 rings (SSSR count). The van der Waals surface area contributed by atoms with Crippen molar-refractivity contribution in [2.45, 2.75) is 13.5 Å². The van der Waals surface area contributed by atoms with Crippen LogP contribution in [-0.4, -0.2) is 25.9 Å². The van der Waals surface area contributed by atoms with Crippen LogP contribution in [0, 0.1) is 0 Å². The lowest BCUT2D eigenvalue weighted by Gasteiger charge is -2.02. The summed E-state index contributed by atoms with van der Waals surface area (Å²) in [6.45, 7) is 2.51. The summed E-state index contributed by atoms with van der Waals surface area (Å²) >= 11 is 0. The van der Waals surface area contributed by atoms with E-state index in [0.29, 0.717) is 18.1 Å². The molecule has 2 aromatic heterocycles. The summed E-state index contributed by atoms with van der Waals surface area (Å²) in [7, 11) is 0. The lowest BCUT2D eigenvalue weighted by Crippen LogP contribution is -2.17. The normalized spacial score (nSPS) is 10.5. The first-order valence-corrected chi connectivity index (χ1v) is 6.50. The van der Waals surface area contributed by atoms with E-state index in [0.717, 1.165) is 5.56 Å². The molecule has 0 aliphatic rings. The molecule has 0 radical (unpaired) electrons. The summed E-state index contributed by atoms with van der Waals surface area (Å²) in [4.78, 5) is 12.1. The van der Waals surface area contributed by atoms with Gasteiger partial charge in [-0.25, -0.2) is 0 Å². The summed E-state index contributed by atoms with van der Waals surface area (Å²) in [6, 6.07) is 11.0. The third-order valence-corrected chi connectivity index (χ3v) is 2.91. The van der Waals surface area contributed by atoms with Crippen LogP contribution in [-0.2, 0) is 6.54 Å². The van der Waals surface area contributed by atoms with Gasteiger partial charge in [-0.05, 0) is 25.1 Å². The molecule has 2 heterocycles. The minimum absolute atomic E-state index is 0.0581. The van der Waals surface area contributed by atoms with E-state index in [1.807, 2.05) is 37.3 Å². The van der Waals surface area contributed by atoms with Crippen molar-refractivity contribution < 1.29 is 9.21 Å².